The second-order valence-electron chi connectivity index (χ2n) is 7.10. The summed E-state index contributed by atoms with van der Waals surface area (Å²) >= 11 is 2.82. The smallest absolute Gasteiger partial charge is 0.340 e. The molecular formula is C22H22N4O4S2. The lowest BCUT2D eigenvalue weighted by molar-refractivity contribution is -0.117. The molecule has 0 radical (unpaired) electrons. The van der Waals surface area contributed by atoms with Crippen LogP contribution in [0.15, 0.2) is 41.8 Å². The number of fused-ring (bicyclic) bond motifs is 1. The van der Waals surface area contributed by atoms with E-state index in [1.165, 1.54) is 22.7 Å². The summed E-state index contributed by atoms with van der Waals surface area (Å²) in [6.45, 7) is 3.45. The number of hydrogen-bond acceptors (Lipinski definition) is 8. The van der Waals surface area contributed by atoms with Crippen LogP contribution in [0.1, 0.15) is 37.5 Å². The maximum absolute atomic E-state index is 12.6. The predicted octanol–water partition coefficient (Wildman–Crippen LogP) is 3.63. The highest BCUT2D eigenvalue weighted by Crippen LogP contribution is 2.29. The number of para-hydroxylation sites is 1. The number of aromatic nitrogens is 1. The van der Waals surface area contributed by atoms with Gasteiger partial charge in [0.05, 0.1) is 35.0 Å². The topological polar surface area (TPSA) is 101 Å². The van der Waals surface area contributed by atoms with Crippen molar-refractivity contribution in [3.05, 3.63) is 62.8 Å². The van der Waals surface area contributed by atoms with Crippen molar-refractivity contribution in [2.24, 2.45) is 0 Å². The molecule has 0 unspecified atom stereocenters. The third-order valence-electron chi connectivity index (χ3n) is 4.84. The van der Waals surface area contributed by atoms with Crippen LogP contribution in [0.4, 0.5) is 10.8 Å². The minimum atomic E-state index is -0.465. The van der Waals surface area contributed by atoms with Gasteiger partial charge in [-0.15, -0.1) is 22.7 Å². The number of carbonyl (C=O) groups excluding carboxylic acids is 3. The Bertz CT molecular complexity index is 1130. The lowest BCUT2D eigenvalue weighted by Gasteiger charge is -2.25. The largest absolute Gasteiger partial charge is 0.462 e. The van der Waals surface area contributed by atoms with Gasteiger partial charge in [-0.05, 0) is 30.5 Å². The number of thiophene rings is 1. The van der Waals surface area contributed by atoms with E-state index < -0.39 is 5.97 Å². The number of esters is 1. The Kier molecular flexibility index (Phi) is 6.93. The van der Waals surface area contributed by atoms with Crippen LogP contribution in [-0.2, 0) is 22.5 Å². The van der Waals surface area contributed by atoms with Crippen molar-refractivity contribution >= 4 is 51.3 Å². The highest BCUT2D eigenvalue weighted by molar-refractivity contribution is 7.16. The Morgan fingerprint density at radius 2 is 2.00 bits per heavy atom. The number of rotatable bonds is 7. The molecule has 2 aromatic heterocycles. The number of amides is 2. The van der Waals surface area contributed by atoms with Gasteiger partial charge in [0.1, 0.15) is 0 Å². The van der Waals surface area contributed by atoms with E-state index in [0.717, 1.165) is 10.6 Å². The second-order valence-corrected chi connectivity index (χ2v) is 9.13. The van der Waals surface area contributed by atoms with Crippen molar-refractivity contribution in [1.29, 1.82) is 0 Å². The van der Waals surface area contributed by atoms with Crippen LogP contribution in [0.5, 0.6) is 0 Å². The fourth-order valence-electron chi connectivity index (χ4n) is 3.38. The fourth-order valence-corrected chi connectivity index (χ4v) is 5.04. The molecule has 0 atom stereocenters. The summed E-state index contributed by atoms with van der Waals surface area (Å²) in [6, 6.07) is 10.4. The molecule has 1 aliphatic heterocycles. The Morgan fingerprint density at radius 1 is 1.16 bits per heavy atom. The number of anilines is 2. The van der Waals surface area contributed by atoms with E-state index in [2.05, 4.69) is 15.6 Å². The highest BCUT2D eigenvalue weighted by atomic mass is 32.1. The van der Waals surface area contributed by atoms with Gasteiger partial charge >= 0.3 is 5.97 Å². The normalized spacial score (nSPS) is 13.3. The zero-order valence-corrected chi connectivity index (χ0v) is 19.1. The molecule has 4 rings (SSSR count). The van der Waals surface area contributed by atoms with Crippen molar-refractivity contribution < 1.29 is 19.1 Å². The fraction of sp³-hybridized carbons (Fsp3) is 0.273. The summed E-state index contributed by atoms with van der Waals surface area (Å²) in [5.41, 5.74) is 1.73. The van der Waals surface area contributed by atoms with Crippen molar-refractivity contribution in [3.63, 3.8) is 0 Å². The van der Waals surface area contributed by atoms with Gasteiger partial charge in [0.2, 0.25) is 5.91 Å². The van der Waals surface area contributed by atoms with E-state index >= 15 is 0 Å². The molecule has 1 aromatic carbocycles. The summed E-state index contributed by atoms with van der Waals surface area (Å²) in [4.78, 5) is 45.2. The Balaban J connectivity index is 1.36. The van der Waals surface area contributed by atoms with Gasteiger partial charge in [-0.3, -0.25) is 19.8 Å². The molecule has 32 heavy (non-hydrogen) atoms. The molecule has 8 nitrogen and oxygen atoms in total. The molecule has 0 saturated carbocycles. The summed E-state index contributed by atoms with van der Waals surface area (Å²) in [6.07, 6.45) is 0.702. The average molecular weight is 471 g/mol. The molecular weight excluding hydrogens is 448 g/mol. The van der Waals surface area contributed by atoms with Crippen molar-refractivity contribution in [2.75, 3.05) is 30.3 Å². The number of nitrogens with zero attached hydrogens (tertiary/aromatic N) is 2. The Morgan fingerprint density at radius 3 is 2.78 bits per heavy atom. The predicted molar refractivity (Wildman–Crippen MR) is 124 cm³/mol. The van der Waals surface area contributed by atoms with Gasteiger partial charge in [0.25, 0.3) is 5.91 Å². The summed E-state index contributed by atoms with van der Waals surface area (Å²) in [5, 5.41) is 8.10. The number of nitrogens with one attached hydrogen (secondary N) is 2. The summed E-state index contributed by atoms with van der Waals surface area (Å²) < 4.78 is 5.06. The lowest BCUT2D eigenvalue weighted by Crippen LogP contribution is -2.37. The van der Waals surface area contributed by atoms with Crippen LogP contribution in [0, 0.1) is 0 Å². The minimum Gasteiger partial charge on any atom is -0.462 e. The van der Waals surface area contributed by atoms with Crippen LogP contribution in [-0.4, -0.2) is 47.4 Å². The van der Waals surface area contributed by atoms with Crippen molar-refractivity contribution in [1.82, 2.24) is 9.88 Å². The van der Waals surface area contributed by atoms with Crippen LogP contribution >= 0.6 is 22.7 Å². The molecule has 3 aromatic rings. The Hall–Kier alpha value is -3.08. The molecule has 2 amide bonds. The molecule has 2 N–H and O–H groups in total. The quantitative estimate of drug-likeness (QED) is 0.512. The number of thiazole rings is 1. The van der Waals surface area contributed by atoms with Crippen molar-refractivity contribution in [2.45, 2.75) is 19.9 Å². The standard InChI is InChI=1S/C22H22N4O4S2/c1-2-30-21(29)14-6-3-4-7-15(14)23-19(27)13-26-10-9-16-18(12-26)32-22(24-16)25-20(28)17-8-5-11-31-17/h3-8,11H,2,9-10,12-13H2,1H3,(H,23,27)(H,24,25,28). The summed E-state index contributed by atoms with van der Waals surface area (Å²) in [5.74, 6) is -0.837. The maximum atomic E-state index is 12.6. The van der Waals surface area contributed by atoms with Crippen LogP contribution < -0.4 is 10.6 Å². The van der Waals surface area contributed by atoms with E-state index in [-0.39, 0.29) is 25.0 Å². The lowest BCUT2D eigenvalue weighted by atomic mass is 10.1. The van der Waals surface area contributed by atoms with Gasteiger partial charge in [-0.25, -0.2) is 9.78 Å². The van der Waals surface area contributed by atoms with Crippen LogP contribution in [0.25, 0.3) is 0 Å². The molecule has 3 heterocycles. The van der Waals surface area contributed by atoms with Gasteiger partial charge in [-0.1, -0.05) is 18.2 Å². The number of hydrogen-bond donors (Lipinski definition) is 2. The SMILES string of the molecule is CCOC(=O)c1ccccc1NC(=O)CN1CCc2nc(NC(=O)c3cccs3)sc2C1. The molecule has 166 valence electrons. The van der Waals surface area contributed by atoms with E-state index in [4.69, 9.17) is 4.74 Å². The first-order valence-electron chi connectivity index (χ1n) is 10.1. The third-order valence-corrected chi connectivity index (χ3v) is 6.71. The van der Waals surface area contributed by atoms with Gasteiger partial charge in [0.15, 0.2) is 5.13 Å². The highest BCUT2D eigenvalue weighted by Gasteiger charge is 2.24. The van der Waals surface area contributed by atoms with Crippen molar-refractivity contribution in [3.8, 4) is 0 Å². The number of ether oxygens (including phenoxy) is 1. The molecule has 0 saturated heterocycles. The van der Waals surface area contributed by atoms with E-state index in [0.29, 0.717) is 40.8 Å². The summed E-state index contributed by atoms with van der Waals surface area (Å²) in [7, 11) is 0. The van der Waals surface area contributed by atoms with E-state index in [1.54, 1.807) is 37.3 Å². The molecule has 0 bridgehead atoms. The Labute approximate surface area is 193 Å². The minimum absolute atomic E-state index is 0.164. The first kappa shape index (κ1) is 22.1. The van der Waals surface area contributed by atoms with E-state index in [1.807, 2.05) is 16.3 Å². The van der Waals surface area contributed by atoms with Gasteiger partial charge in [-0.2, -0.15) is 0 Å². The number of benzene rings is 1. The zero-order chi connectivity index (χ0) is 22.5. The zero-order valence-electron chi connectivity index (χ0n) is 17.4. The molecule has 0 spiro atoms. The third kappa shape index (κ3) is 5.21. The first-order chi connectivity index (χ1) is 15.5. The monoisotopic (exact) mass is 470 g/mol. The van der Waals surface area contributed by atoms with Crippen LogP contribution in [0.2, 0.25) is 0 Å². The van der Waals surface area contributed by atoms with E-state index in [9.17, 15) is 14.4 Å². The average Bonchev–Trinajstić information content (AvgIpc) is 3.43. The molecule has 1 aliphatic rings. The maximum Gasteiger partial charge on any atom is 0.340 e. The van der Waals surface area contributed by atoms with Crippen LogP contribution in [0.3, 0.4) is 0 Å². The molecule has 0 fully saturated rings. The molecule has 0 aliphatic carbocycles. The second kappa shape index (κ2) is 10.0. The number of carbonyl (C=O) groups is 3. The van der Waals surface area contributed by atoms with Gasteiger partial charge in [0, 0.05) is 24.4 Å². The molecule has 10 heteroatoms. The first-order valence-corrected chi connectivity index (χ1v) is 11.8. The van der Waals surface area contributed by atoms with Gasteiger partial charge < -0.3 is 10.1 Å².